The summed E-state index contributed by atoms with van der Waals surface area (Å²) in [6.07, 6.45) is 3.20. The zero-order valence-corrected chi connectivity index (χ0v) is 6.52. The predicted molar refractivity (Wildman–Crippen MR) is 41.1 cm³/mol. The molecule has 0 aliphatic heterocycles. The first kappa shape index (κ1) is 8.50. The zero-order chi connectivity index (χ0) is 7.28. The molecule has 2 nitrogen and oxygen atoms in total. The summed E-state index contributed by atoms with van der Waals surface area (Å²) >= 11 is 0. The molecule has 0 heterocycles. The van der Waals surface area contributed by atoms with Crippen molar-refractivity contribution >= 4 is 0 Å². The third kappa shape index (κ3) is 3.14. The molecule has 0 unspecified atom stereocenters. The number of nitrogens with two attached hydrogens (primary N) is 1. The summed E-state index contributed by atoms with van der Waals surface area (Å²) in [5, 5.41) is 0. The highest BCUT2D eigenvalue weighted by molar-refractivity contribution is 4.99. The van der Waals surface area contributed by atoms with Crippen LogP contribution in [-0.4, -0.2) is 25.5 Å². The minimum Gasteiger partial charge on any atom is -0.380 e. The van der Waals surface area contributed by atoms with Crippen LogP contribution in [0.25, 0.3) is 0 Å². The molecule has 0 aromatic heterocycles. The first-order valence-electron chi connectivity index (χ1n) is 3.28. The zero-order valence-electron chi connectivity index (χ0n) is 6.52. The Labute approximate surface area is 57.3 Å². The summed E-state index contributed by atoms with van der Waals surface area (Å²) in [6, 6.07) is 0. The van der Waals surface area contributed by atoms with Gasteiger partial charge in [0.15, 0.2) is 0 Å². The predicted octanol–water partition coefficient (Wildman–Crippen LogP) is 0.801. The van der Waals surface area contributed by atoms with E-state index in [0.29, 0.717) is 6.54 Å². The molecular formula is C7H16N2. The fourth-order valence-corrected chi connectivity index (χ4v) is 0.684. The van der Waals surface area contributed by atoms with E-state index in [1.165, 1.54) is 5.70 Å². The molecule has 0 amide bonds. The highest BCUT2D eigenvalue weighted by Crippen LogP contribution is 1.96. The topological polar surface area (TPSA) is 29.3 Å². The summed E-state index contributed by atoms with van der Waals surface area (Å²) in [6.45, 7) is 2.75. The van der Waals surface area contributed by atoms with E-state index in [1.807, 2.05) is 19.0 Å². The van der Waals surface area contributed by atoms with E-state index in [1.54, 1.807) is 0 Å². The third-order valence-corrected chi connectivity index (χ3v) is 1.22. The molecule has 9 heavy (non-hydrogen) atoms. The molecule has 0 aromatic rings. The van der Waals surface area contributed by atoms with Gasteiger partial charge in [0.1, 0.15) is 0 Å². The number of allylic oxidation sites excluding steroid dienone is 1. The molecule has 0 aliphatic rings. The maximum Gasteiger partial charge on any atom is 0.0327 e. The van der Waals surface area contributed by atoms with Crippen LogP contribution in [0.3, 0.4) is 0 Å². The second kappa shape index (κ2) is 4.39. The Morgan fingerprint density at radius 1 is 1.56 bits per heavy atom. The van der Waals surface area contributed by atoms with E-state index in [2.05, 4.69) is 13.0 Å². The van der Waals surface area contributed by atoms with Gasteiger partial charge in [0.05, 0.1) is 0 Å². The normalized spacial score (nSPS) is 11.8. The largest absolute Gasteiger partial charge is 0.380 e. The Morgan fingerprint density at radius 2 is 2.11 bits per heavy atom. The van der Waals surface area contributed by atoms with Gasteiger partial charge in [-0.15, -0.1) is 0 Å². The average Bonchev–Trinajstić information content (AvgIpc) is 1.82. The van der Waals surface area contributed by atoms with Crippen LogP contribution in [0.1, 0.15) is 13.3 Å². The van der Waals surface area contributed by atoms with Gasteiger partial charge in [0.2, 0.25) is 0 Å². The number of nitrogens with zero attached hydrogens (tertiary/aromatic N) is 1. The van der Waals surface area contributed by atoms with Crippen molar-refractivity contribution in [1.29, 1.82) is 0 Å². The van der Waals surface area contributed by atoms with E-state index in [0.717, 1.165) is 6.42 Å². The minimum absolute atomic E-state index is 0.640. The maximum absolute atomic E-state index is 5.45. The quantitative estimate of drug-likeness (QED) is 0.609. The lowest BCUT2D eigenvalue weighted by molar-refractivity contribution is 0.500. The summed E-state index contributed by atoms with van der Waals surface area (Å²) in [4.78, 5) is 2.05. The molecule has 0 spiro atoms. The Morgan fingerprint density at radius 3 is 2.22 bits per heavy atom. The first-order chi connectivity index (χ1) is 4.22. The Hall–Kier alpha value is -0.500. The molecule has 0 radical (unpaired) electrons. The summed E-state index contributed by atoms with van der Waals surface area (Å²) in [5.41, 5.74) is 6.66. The molecule has 0 saturated carbocycles. The van der Waals surface area contributed by atoms with Crippen LogP contribution in [0.4, 0.5) is 0 Å². The van der Waals surface area contributed by atoms with Crippen LogP contribution in [0, 0.1) is 0 Å². The van der Waals surface area contributed by atoms with Gasteiger partial charge in [-0.3, -0.25) is 0 Å². The second-order valence-corrected chi connectivity index (χ2v) is 2.20. The monoisotopic (exact) mass is 128 g/mol. The van der Waals surface area contributed by atoms with E-state index in [9.17, 15) is 0 Å². The lowest BCUT2D eigenvalue weighted by atomic mass is 10.3. The highest BCUT2D eigenvalue weighted by atomic mass is 15.1. The molecular weight excluding hydrogens is 112 g/mol. The van der Waals surface area contributed by atoms with E-state index in [4.69, 9.17) is 5.73 Å². The van der Waals surface area contributed by atoms with Gasteiger partial charge in [-0.25, -0.2) is 0 Å². The van der Waals surface area contributed by atoms with Crippen LogP contribution < -0.4 is 5.73 Å². The molecule has 0 aliphatic carbocycles. The Bertz CT molecular complexity index is 95.1. The van der Waals surface area contributed by atoms with Crippen molar-refractivity contribution in [2.24, 2.45) is 5.73 Å². The maximum atomic E-state index is 5.45. The molecule has 54 valence electrons. The van der Waals surface area contributed by atoms with E-state index >= 15 is 0 Å². The van der Waals surface area contributed by atoms with Gasteiger partial charge in [0.25, 0.3) is 0 Å². The van der Waals surface area contributed by atoms with Crippen LogP contribution in [0.5, 0.6) is 0 Å². The van der Waals surface area contributed by atoms with Crippen molar-refractivity contribution < 1.29 is 0 Å². The Kier molecular flexibility index (Phi) is 4.14. The SMILES string of the molecule is CC/C=C(/CN)N(C)C. The van der Waals surface area contributed by atoms with Gasteiger partial charge < -0.3 is 10.6 Å². The number of hydrogen-bond acceptors (Lipinski definition) is 2. The van der Waals surface area contributed by atoms with Gasteiger partial charge in [0, 0.05) is 26.3 Å². The standard InChI is InChI=1S/C7H16N2/c1-4-5-7(6-8)9(2)3/h5H,4,6,8H2,1-3H3/b7-5-. The molecule has 2 N–H and O–H groups in total. The molecule has 2 heteroatoms. The summed E-state index contributed by atoms with van der Waals surface area (Å²) in [7, 11) is 4.02. The highest BCUT2D eigenvalue weighted by Gasteiger charge is 1.92. The Balaban J connectivity index is 3.81. The smallest absolute Gasteiger partial charge is 0.0327 e. The van der Waals surface area contributed by atoms with E-state index < -0.39 is 0 Å². The van der Waals surface area contributed by atoms with Crippen LogP contribution in [-0.2, 0) is 0 Å². The van der Waals surface area contributed by atoms with Crippen LogP contribution >= 0.6 is 0 Å². The van der Waals surface area contributed by atoms with Crippen molar-refractivity contribution in [3.05, 3.63) is 11.8 Å². The lowest BCUT2D eigenvalue weighted by Gasteiger charge is -2.14. The number of hydrogen-bond donors (Lipinski definition) is 1. The third-order valence-electron chi connectivity index (χ3n) is 1.22. The molecule has 0 fully saturated rings. The van der Waals surface area contributed by atoms with E-state index in [-0.39, 0.29) is 0 Å². The van der Waals surface area contributed by atoms with Crippen molar-refractivity contribution in [2.75, 3.05) is 20.6 Å². The molecule has 0 atom stereocenters. The summed E-state index contributed by atoms with van der Waals surface area (Å²) in [5.74, 6) is 0. The fourth-order valence-electron chi connectivity index (χ4n) is 0.684. The summed E-state index contributed by atoms with van der Waals surface area (Å²) < 4.78 is 0. The van der Waals surface area contributed by atoms with Crippen molar-refractivity contribution in [2.45, 2.75) is 13.3 Å². The van der Waals surface area contributed by atoms with Crippen molar-refractivity contribution in [3.8, 4) is 0 Å². The van der Waals surface area contributed by atoms with Crippen molar-refractivity contribution in [1.82, 2.24) is 4.90 Å². The molecule has 0 bridgehead atoms. The van der Waals surface area contributed by atoms with Crippen LogP contribution in [0.15, 0.2) is 11.8 Å². The van der Waals surface area contributed by atoms with Gasteiger partial charge in [-0.2, -0.15) is 0 Å². The second-order valence-electron chi connectivity index (χ2n) is 2.20. The molecule has 0 aromatic carbocycles. The number of rotatable bonds is 3. The van der Waals surface area contributed by atoms with Crippen LogP contribution in [0.2, 0.25) is 0 Å². The molecule has 0 saturated heterocycles. The molecule has 0 rings (SSSR count). The van der Waals surface area contributed by atoms with Gasteiger partial charge in [-0.1, -0.05) is 13.0 Å². The lowest BCUT2D eigenvalue weighted by Crippen LogP contribution is -2.18. The minimum atomic E-state index is 0.640. The number of likely N-dealkylation sites (N-methyl/N-ethyl adjacent to an activating group) is 1. The average molecular weight is 128 g/mol. The van der Waals surface area contributed by atoms with Gasteiger partial charge >= 0.3 is 0 Å². The van der Waals surface area contributed by atoms with Crippen molar-refractivity contribution in [3.63, 3.8) is 0 Å². The first-order valence-corrected chi connectivity index (χ1v) is 3.28. The van der Waals surface area contributed by atoms with Gasteiger partial charge in [-0.05, 0) is 6.42 Å². The fraction of sp³-hybridized carbons (Fsp3) is 0.714.